The summed E-state index contributed by atoms with van der Waals surface area (Å²) in [5, 5.41) is 10.5. The van der Waals surface area contributed by atoms with E-state index in [1.165, 1.54) is 22.6 Å². The molecule has 0 spiro atoms. The summed E-state index contributed by atoms with van der Waals surface area (Å²) in [6.07, 6.45) is -5.09. The molecule has 1 aromatic rings. The number of hydrogen-bond acceptors (Lipinski definition) is 4. The predicted octanol–water partition coefficient (Wildman–Crippen LogP) is 2.96. The molecule has 0 bridgehead atoms. The maximum atomic E-state index is 12.3. The van der Waals surface area contributed by atoms with Crippen LogP contribution in [-0.2, 0) is 6.67 Å². The Kier molecular flexibility index (Phi) is 4.06. The Balaban J connectivity index is 3.32. The molecule has 0 radical (unpaired) electrons. The fourth-order valence-corrected chi connectivity index (χ4v) is 1.74. The van der Waals surface area contributed by atoms with Crippen LogP contribution in [0.2, 0.25) is 0 Å². The fraction of sp³-hybridized carbons (Fsp3) is 0.286. The Morgan fingerprint density at radius 2 is 2.12 bits per heavy atom. The molecular weight excluding hydrogens is 363 g/mol. The summed E-state index contributed by atoms with van der Waals surface area (Å²) in [4.78, 5) is 12.9. The molecule has 0 aliphatic carbocycles. The van der Waals surface area contributed by atoms with Gasteiger partial charge in [-0.1, -0.05) is 0 Å². The number of nitrogens with zero attached hydrogens (tertiary/aromatic N) is 2. The van der Waals surface area contributed by atoms with E-state index in [0.29, 0.717) is 6.07 Å². The van der Waals surface area contributed by atoms with E-state index in [4.69, 9.17) is 0 Å². The van der Waals surface area contributed by atoms with Gasteiger partial charge in [0.05, 0.1) is 10.6 Å². The van der Waals surface area contributed by atoms with Gasteiger partial charge in [-0.15, -0.1) is 13.2 Å². The molecule has 0 aromatic carbocycles. The molecule has 5 nitrogen and oxygen atoms in total. The monoisotopic (exact) mass is 366 g/mol. The van der Waals surface area contributed by atoms with E-state index in [-0.39, 0.29) is 9.39 Å². The van der Waals surface area contributed by atoms with Crippen molar-refractivity contribution in [1.29, 1.82) is 0 Å². The van der Waals surface area contributed by atoms with Crippen LogP contribution >= 0.6 is 22.6 Å². The van der Waals surface area contributed by atoms with Crippen molar-refractivity contribution in [3.63, 3.8) is 0 Å². The molecule has 0 amide bonds. The summed E-state index contributed by atoms with van der Waals surface area (Å²) < 4.78 is 51.3. The minimum atomic E-state index is -5.09. The largest absolute Gasteiger partial charge is 0.573 e. The van der Waals surface area contributed by atoms with Crippen LogP contribution in [0, 0.1) is 13.8 Å². The fourth-order valence-electron chi connectivity index (χ4n) is 0.969. The third-order valence-electron chi connectivity index (χ3n) is 1.51. The molecule has 94 valence electrons. The van der Waals surface area contributed by atoms with Crippen molar-refractivity contribution < 1.29 is 27.2 Å². The first-order chi connectivity index (χ1) is 7.74. The molecule has 17 heavy (non-hydrogen) atoms. The molecule has 0 aliphatic heterocycles. The first-order valence-corrected chi connectivity index (χ1v) is 4.98. The van der Waals surface area contributed by atoms with Crippen LogP contribution in [-0.4, -0.2) is 16.3 Å². The van der Waals surface area contributed by atoms with Crippen LogP contribution in [0.5, 0.6) is 5.75 Å². The number of pyridine rings is 1. The second kappa shape index (κ2) is 4.98. The lowest BCUT2D eigenvalue weighted by atomic mass is 10.3. The zero-order chi connectivity index (χ0) is 13.2. The van der Waals surface area contributed by atoms with Crippen LogP contribution in [0.15, 0.2) is 6.07 Å². The van der Waals surface area contributed by atoms with Crippen molar-refractivity contribution in [2.45, 2.75) is 13.0 Å². The smallest absolute Gasteiger partial charge is 0.398 e. The number of rotatable bonds is 3. The predicted molar refractivity (Wildman–Crippen MR) is 55.1 cm³/mol. The average molecular weight is 366 g/mol. The molecule has 0 saturated heterocycles. The van der Waals surface area contributed by atoms with Gasteiger partial charge in [-0.05, 0) is 22.6 Å². The molecule has 0 N–H and O–H groups in total. The van der Waals surface area contributed by atoms with Gasteiger partial charge < -0.3 is 4.74 Å². The van der Waals surface area contributed by atoms with E-state index in [9.17, 15) is 27.7 Å². The standard InChI is InChI=1S/C7H3F4IN2O3/c8-2-3-1-4(17-7(9,10)11)5(14(15)16)6(12)13-3/h1H,2H2. The summed E-state index contributed by atoms with van der Waals surface area (Å²) in [7, 11) is 0. The highest BCUT2D eigenvalue weighted by molar-refractivity contribution is 14.1. The van der Waals surface area contributed by atoms with E-state index in [0.717, 1.165) is 0 Å². The number of ether oxygens (including phenoxy) is 1. The molecular formula is C7H3F4IN2O3. The van der Waals surface area contributed by atoms with Crippen LogP contribution in [0.25, 0.3) is 0 Å². The Bertz CT molecular complexity index is 451. The van der Waals surface area contributed by atoms with E-state index in [2.05, 4.69) is 9.72 Å². The van der Waals surface area contributed by atoms with Gasteiger partial charge in [0.15, 0.2) is 3.70 Å². The minimum Gasteiger partial charge on any atom is -0.398 e. The van der Waals surface area contributed by atoms with Gasteiger partial charge in [-0.25, -0.2) is 9.37 Å². The Hall–Kier alpha value is -1.20. The summed E-state index contributed by atoms with van der Waals surface area (Å²) in [6, 6.07) is 0.549. The lowest BCUT2D eigenvalue weighted by Crippen LogP contribution is -2.18. The Morgan fingerprint density at radius 1 is 1.53 bits per heavy atom. The Morgan fingerprint density at radius 3 is 2.53 bits per heavy atom. The van der Waals surface area contributed by atoms with Gasteiger partial charge in [0.2, 0.25) is 5.75 Å². The second-order valence-corrected chi connectivity index (χ2v) is 3.71. The highest BCUT2D eigenvalue weighted by Crippen LogP contribution is 2.35. The van der Waals surface area contributed by atoms with E-state index in [1.807, 2.05) is 0 Å². The third-order valence-corrected chi connectivity index (χ3v) is 2.27. The normalized spacial score (nSPS) is 11.4. The van der Waals surface area contributed by atoms with Gasteiger partial charge in [0.25, 0.3) is 0 Å². The van der Waals surface area contributed by atoms with Crippen LogP contribution in [0.4, 0.5) is 23.2 Å². The van der Waals surface area contributed by atoms with Crippen molar-refractivity contribution in [3.05, 3.63) is 25.6 Å². The molecule has 1 aromatic heterocycles. The first-order valence-electron chi connectivity index (χ1n) is 3.90. The lowest BCUT2D eigenvalue weighted by molar-refractivity contribution is -0.390. The quantitative estimate of drug-likeness (QED) is 0.271. The van der Waals surface area contributed by atoms with Crippen molar-refractivity contribution in [1.82, 2.24) is 4.98 Å². The highest BCUT2D eigenvalue weighted by Gasteiger charge is 2.36. The van der Waals surface area contributed by atoms with E-state index in [1.54, 1.807) is 0 Å². The second-order valence-electron chi connectivity index (χ2n) is 2.69. The van der Waals surface area contributed by atoms with Gasteiger partial charge in [0.1, 0.15) is 6.67 Å². The molecule has 10 heteroatoms. The van der Waals surface area contributed by atoms with Gasteiger partial charge >= 0.3 is 12.0 Å². The molecule has 0 atom stereocenters. The van der Waals surface area contributed by atoms with Crippen LogP contribution in [0.3, 0.4) is 0 Å². The number of aromatic nitrogens is 1. The lowest BCUT2D eigenvalue weighted by Gasteiger charge is -2.10. The summed E-state index contributed by atoms with van der Waals surface area (Å²) in [6.45, 7) is -1.15. The summed E-state index contributed by atoms with van der Waals surface area (Å²) in [5.74, 6) is -1.07. The molecule has 0 aliphatic rings. The Labute approximate surface area is 105 Å². The topological polar surface area (TPSA) is 65.3 Å². The molecule has 1 rings (SSSR count). The zero-order valence-electron chi connectivity index (χ0n) is 7.79. The summed E-state index contributed by atoms with van der Waals surface area (Å²) >= 11 is 1.33. The number of halogens is 5. The van der Waals surface area contributed by atoms with Crippen molar-refractivity contribution in [2.75, 3.05) is 0 Å². The van der Waals surface area contributed by atoms with Gasteiger partial charge in [-0.2, -0.15) is 0 Å². The van der Waals surface area contributed by atoms with Crippen molar-refractivity contribution >= 4 is 28.3 Å². The first kappa shape index (κ1) is 13.9. The van der Waals surface area contributed by atoms with Crippen molar-refractivity contribution in [2.24, 2.45) is 0 Å². The van der Waals surface area contributed by atoms with Crippen LogP contribution in [0.1, 0.15) is 5.69 Å². The maximum Gasteiger partial charge on any atom is 0.573 e. The molecule has 0 saturated carbocycles. The SMILES string of the molecule is O=[N+]([O-])c1c(OC(F)(F)F)cc(CF)nc1I. The van der Waals surface area contributed by atoms with Crippen molar-refractivity contribution in [3.8, 4) is 5.75 Å². The number of hydrogen-bond donors (Lipinski definition) is 0. The van der Waals surface area contributed by atoms with E-state index < -0.39 is 29.4 Å². The minimum absolute atomic E-state index is 0.373. The zero-order valence-corrected chi connectivity index (χ0v) is 9.95. The molecule has 0 fully saturated rings. The van der Waals surface area contributed by atoms with Gasteiger partial charge in [0, 0.05) is 6.07 Å². The summed E-state index contributed by atoms with van der Waals surface area (Å²) in [5.41, 5.74) is -1.32. The number of nitro groups is 1. The third kappa shape index (κ3) is 3.64. The molecule has 1 heterocycles. The van der Waals surface area contributed by atoms with Crippen LogP contribution < -0.4 is 4.74 Å². The van der Waals surface area contributed by atoms with E-state index >= 15 is 0 Å². The molecule has 0 unspecified atom stereocenters. The maximum absolute atomic E-state index is 12.3. The highest BCUT2D eigenvalue weighted by atomic mass is 127. The van der Waals surface area contributed by atoms with Gasteiger partial charge in [-0.3, -0.25) is 10.1 Å². The average Bonchev–Trinajstić information content (AvgIpc) is 2.13. The number of alkyl halides is 4.